The molecule has 0 saturated heterocycles. The van der Waals surface area contributed by atoms with Crippen LogP contribution in [0.25, 0.3) is 0 Å². The summed E-state index contributed by atoms with van der Waals surface area (Å²) >= 11 is 3.39. The Labute approximate surface area is 99.2 Å². The van der Waals surface area contributed by atoms with Gasteiger partial charge in [-0.1, -0.05) is 26.0 Å². The maximum atomic E-state index is 11.8. The first-order valence-electron chi connectivity index (χ1n) is 5.05. The number of aryl methyl sites for hydroxylation is 1. The number of amides is 1. The highest BCUT2D eigenvalue weighted by atomic mass is 79.9. The van der Waals surface area contributed by atoms with Gasteiger partial charge >= 0.3 is 0 Å². The van der Waals surface area contributed by atoms with Crippen molar-refractivity contribution in [2.75, 3.05) is 6.54 Å². The highest BCUT2D eigenvalue weighted by Gasteiger charge is 2.12. The van der Waals surface area contributed by atoms with E-state index in [9.17, 15) is 4.79 Å². The van der Waals surface area contributed by atoms with Crippen LogP contribution in [0.4, 0.5) is 0 Å². The molecule has 0 aliphatic carbocycles. The van der Waals surface area contributed by atoms with Gasteiger partial charge in [0, 0.05) is 11.0 Å². The normalized spacial score (nSPS) is 10.5. The maximum Gasteiger partial charge on any atom is 0.252 e. The third-order valence-corrected chi connectivity index (χ3v) is 2.78. The molecule has 1 rings (SSSR count). The zero-order valence-electron chi connectivity index (χ0n) is 9.30. The van der Waals surface area contributed by atoms with Crippen molar-refractivity contribution < 1.29 is 4.79 Å². The highest BCUT2D eigenvalue weighted by Crippen LogP contribution is 2.19. The van der Waals surface area contributed by atoms with Crippen LogP contribution < -0.4 is 5.32 Å². The fourth-order valence-electron chi connectivity index (χ4n) is 1.30. The summed E-state index contributed by atoms with van der Waals surface area (Å²) in [6, 6.07) is 5.75. The third kappa shape index (κ3) is 3.34. The molecule has 0 atom stereocenters. The minimum atomic E-state index is -0.00586. The first-order chi connectivity index (χ1) is 7.02. The van der Waals surface area contributed by atoms with Crippen LogP contribution in [0.5, 0.6) is 0 Å². The Balaban J connectivity index is 2.82. The van der Waals surface area contributed by atoms with Crippen molar-refractivity contribution >= 4 is 21.8 Å². The van der Waals surface area contributed by atoms with E-state index in [0.717, 1.165) is 15.6 Å². The van der Waals surface area contributed by atoms with Gasteiger partial charge in [-0.2, -0.15) is 0 Å². The lowest BCUT2D eigenvalue weighted by Gasteiger charge is -2.10. The Hall–Kier alpha value is -0.830. The van der Waals surface area contributed by atoms with Crippen LogP contribution >= 0.6 is 15.9 Å². The largest absolute Gasteiger partial charge is 0.352 e. The Bertz CT molecular complexity index is 340. The zero-order chi connectivity index (χ0) is 11.4. The molecule has 0 saturated carbocycles. The van der Waals surface area contributed by atoms with E-state index in [1.807, 2.05) is 25.1 Å². The fraction of sp³-hybridized carbons (Fsp3) is 0.417. The third-order valence-electron chi connectivity index (χ3n) is 2.12. The van der Waals surface area contributed by atoms with Crippen molar-refractivity contribution in [3.05, 3.63) is 33.8 Å². The van der Waals surface area contributed by atoms with Gasteiger partial charge in [-0.15, -0.1) is 0 Å². The predicted octanol–water partition coefficient (Wildman–Crippen LogP) is 3.14. The number of hydrogen-bond acceptors (Lipinski definition) is 1. The Morgan fingerprint density at radius 1 is 1.47 bits per heavy atom. The van der Waals surface area contributed by atoms with Gasteiger partial charge in [0.2, 0.25) is 0 Å². The number of hydrogen-bond donors (Lipinski definition) is 1. The monoisotopic (exact) mass is 269 g/mol. The number of carbonyl (C=O) groups excluding carboxylic acids is 1. The molecule has 1 amide bonds. The summed E-state index contributed by atoms with van der Waals surface area (Å²) in [6.07, 6.45) is 0. The zero-order valence-corrected chi connectivity index (χ0v) is 10.9. The van der Waals surface area contributed by atoms with Crippen molar-refractivity contribution in [1.82, 2.24) is 5.32 Å². The molecule has 1 aromatic rings. The van der Waals surface area contributed by atoms with Crippen molar-refractivity contribution in [3.63, 3.8) is 0 Å². The first-order valence-corrected chi connectivity index (χ1v) is 5.85. The smallest absolute Gasteiger partial charge is 0.252 e. The molecular weight excluding hydrogens is 254 g/mol. The van der Waals surface area contributed by atoms with Crippen LogP contribution in [0.2, 0.25) is 0 Å². The maximum absolute atomic E-state index is 11.8. The molecule has 0 bridgehead atoms. The van der Waals surface area contributed by atoms with E-state index >= 15 is 0 Å². The predicted molar refractivity (Wildman–Crippen MR) is 66.1 cm³/mol. The number of rotatable bonds is 3. The number of halogens is 1. The van der Waals surface area contributed by atoms with E-state index < -0.39 is 0 Å². The van der Waals surface area contributed by atoms with Crippen molar-refractivity contribution in [3.8, 4) is 0 Å². The molecule has 1 aromatic carbocycles. The van der Waals surface area contributed by atoms with Crippen LogP contribution in [0.1, 0.15) is 29.8 Å². The molecule has 2 nitrogen and oxygen atoms in total. The van der Waals surface area contributed by atoms with Gasteiger partial charge in [-0.05, 0) is 40.4 Å². The number of benzene rings is 1. The average molecular weight is 270 g/mol. The van der Waals surface area contributed by atoms with Gasteiger partial charge in [0.05, 0.1) is 5.56 Å². The lowest BCUT2D eigenvalue weighted by Crippen LogP contribution is -2.28. The Kier molecular flexibility index (Phi) is 4.33. The van der Waals surface area contributed by atoms with Gasteiger partial charge < -0.3 is 5.32 Å². The van der Waals surface area contributed by atoms with Gasteiger partial charge in [0.25, 0.3) is 5.91 Å². The second-order valence-corrected chi connectivity index (χ2v) is 4.89. The fourth-order valence-corrected chi connectivity index (χ4v) is 1.95. The molecule has 0 aliphatic heterocycles. The van der Waals surface area contributed by atoms with Crippen molar-refractivity contribution in [2.24, 2.45) is 5.92 Å². The molecular formula is C12H16BrNO. The van der Waals surface area contributed by atoms with Gasteiger partial charge in [-0.3, -0.25) is 4.79 Å². The lowest BCUT2D eigenvalue weighted by molar-refractivity contribution is 0.0947. The summed E-state index contributed by atoms with van der Waals surface area (Å²) in [5, 5.41) is 2.91. The van der Waals surface area contributed by atoms with Crippen molar-refractivity contribution in [1.29, 1.82) is 0 Å². The SMILES string of the molecule is Cc1cccc(Br)c1C(=O)NCC(C)C. The van der Waals surface area contributed by atoms with E-state index in [0.29, 0.717) is 12.5 Å². The van der Waals surface area contributed by atoms with Crippen LogP contribution in [-0.4, -0.2) is 12.5 Å². The molecule has 82 valence electrons. The standard InChI is InChI=1S/C12H16BrNO/c1-8(2)7-14-12(15)11-9(3)5-4-6-10(11)13/h4-6,8H,7H2,1-3H3,(H,14,15). The summed E-state index contributed by atoms with van der Waals surface area (Å²) < 4.78 is 0.851. The van der Waals surface area contributed by atoms with E-state index in [2.05, 4.69) is 35.1 Å². The molecule has 0 radical (unpaired) electrons. The minimum Gasteiger partial charge on any atom is -0.352 e. The molecule has 0 unspecified atom stereocenters. The van der Waals surface area contributed by atoms with Gasteiger partial charge in [-0.25, -0.2) is 0 Å². The van der Waals surface area contributed by atoms with Crippen LogP contribution in [0, 0.1) is 12.8 Å². The number of carbonyl (C=O) groups is 1. The summed E-state index contributed by atoms with van der Waals surface area (Å²) in [6.45, 7) is 6.80. The van der Waals surface area contributed by atoms with E-state index in [1.54, 1.807) is 0 Å². The van der Waals surface area contributed by atoms with Gasteiger partial charge in [0.15, 0.2) is 0 Å². The molecule has 0 spiro atoms. The molecule has 0 aromatic heterocycles. The topological polar surface area (TPSA) is 29.1 Å². The van der Waals surface area contributed by atoms with Crippen LogP contribution in [0.3, 0.4) is 0 Å². The quantitative estimate of drug-likeness (QED) is 0.898. The lowest BCUT2D eigenvalue weighted by atomic mass is 10.1. The summed E-state index contributed by atoms with van der Waals surface area (Å²) in [7, 11) is 0. The molecule has 0 heterocycles. The van der Waals surface area contributed by atoms with Crippen LogP contribution in [0.15, 0.2) is 22.7 Å². The molecule has 15 heavy (non-hydrogen) atoms. The second kappa shape index (κ2) is 5.31. The van der Waals surface area contributed by atoms with Crippen LogP contribution in [-0.2, 0) is 0 Å². The van der Waals surface area contributed by atoms with E-state index in [4.69, 9.17) is 0 Å². The van der Waals surface area contributed by atoms with Crippen molar-refractivity contribution in [2.45, 2.75) is 20.8 Å². The molecule has 1 N–H and O–H groups in total. The van der Waals surface area contributed by atoms with E-state index in [-0.39, 0.29) is 5.91 Å². The molecule has 0 fully saturated rings. The summed E-state index contributed by atoms with van der Waals surface area (Å²) in [4.78, 5) is 11.8. The average Bonchev–Trinajstić information content (AvgIpc) is 2.14. The summed E-state index contributed by atoms with van der Waals surface area (Å²) in [5.41, 5.74) is 1.73. The second-order valence-electron chi connectivity index (χ2n) is 4.04. The minimum absolute atomic E-state index is 0.00586. The Morgan fingerprint density at radius 2 is 2.13 bits per heavy atom. The van der Waals surface area contributed by atoms with E-state index in [1.165, 1.54) is 0 Å². The summed E-state index contributed by atoms with van der Waals surface area (Å²) in [5.74, 6) is 0.463. The first kappa shape index (κ1) is 12.2. The van der Waals surface area contributed by atoms with Gasteiger partial charge in [0.1, 0.15) is 0 Å². The molecule has 3 heteroatoms. The highest BCUT2D eigenvalue weighted by molar-refractivity contribution is 9.10. The number of nitrogens with one attached hydrogen (secondary N) is 1. The molecule has 0 aliphatic rings. The Morgan fingerprint density at radius 3 is 2.67 bits per heavy atom.